The van der Waals surface area contributed by atoms with Crippen molar-refractivity contribution in [3.8, 4) is 0 Å². The van der Waals surface area contributed by atoms with Crippen LogP contribution in [0.4, 0.5) is 0 Å². The Kier molecular flexibility index (Phi) is 5.40. The Morgan fingerprint density at radius 3 is 2.23 bits per heavy atom. The molecule has 0 saturated carbocycles. The molecule has 1 saturated heterocycles. The quantitative estimate of drug-likeness (QED) is 0.663. The van der Waals surface area contributed by atoms with Crippen LogP contribution in [0.15, 0.2) is 33.9 Å². The summed E-state index contributed by atoms with van der Waals surface area (Å²) in [6.45, 7) is 9.91. The molecule has 0 amide bonds. The Balaban J connectivity index is 1.84. The largest absolute Gasteiger partial charge is 0.332 e. The first-order valence-electron chi connectivity index (χ1n) is 10.7. The van der Waals surface area contributed by atoms with E-state index < -0.39 is 0 Å². The van der Waals surface area contributed by atoms with E-state index in [1.54, 1.807) is 7.05 Å². The summed E-state index contributed by atoms with van der Waals surface area (Å²) in [5.41, 5.74) is 2.62. The molecule has 7 nitrogen and oxygen atoms in total. The number of aryl methyl sites for hydroxylation is 2. The van der Waals surface area contributed by atoms with Crippen LogP contribution in [-0.2, 0) is 27.2 Å². The van der Waals surface area contributed by atoms with Gasteiger partial charge in [0.2, 0.25) is 0 Å². The minimum Gasteiger partial charge on any atom is -0.317 e. The van der Waals surface area contributed by atoms with Crippen LogP contribution in [0.25, 0.3) is 11.2 Å². The van der Waals surface area contributed by atoms with Gasteiger partial charge in [0.25, 0.3) is 5.56 Å². The predicted molar refractivity (Wildman–Crippen MR) is 119 cm³/mol. The molecule has 3 heterocycles. The van der Waals surface area contributed by atoms with Crippen molar-refractivity contribution in [3.63, 3.8) is 0 Å². The molecule has 30 heavy (non-hydrogen) atoms. The van der Waals surface area contributed by atoms with E-state index in [4.69, 9.17) is 4.98 Å². The Morgan fingerprint density at radius 1 is 0.967 bits per heavy atom. The van der Waals surface area contributed by atoms with Crippen molar-refractivity contribution in [2.45, 2.75) is 40.3 Å². The van der Waals surface area contributed by atoms with E-state index in [9.17, 15) is 9.59 Å². The molecule has 2 atom stereocenters. The first kappa shape index (κ1) is 20.6. The first-order valence-corrected chi connectivity index (χ1v) is 10.7. The van der Waals surface area contributed by atoms with Crippen LogP contribution in [0.5, 0.6) is 0 Å². The number of hydrogen-bond donors (Lipinski definition) is 0. The van der Waals surface area contributed by atoms with Gasteiger partial charge in [-0.05, 0) is 30.7 Å². The first-order chi connectivity index (χ1) is 14.2. The van der Waals surface area contributed by atoms with Crippen molar-refractivity contribution < 1.29 is 0 Å². The number of fused-ring (bicyclic) bond motifs is 1. The molecule has 0 unspecified atom stereocenters. The van der Waals surface area contributed by atoms with Gasteiger partial charge in [0.1, 0.15) is 5.82 Å². The molecular formula is C23H31N5O2. The standard InChI is InChI=1S/C23H31N5O2/c1-15-6-8-18(9-7-15)13-28-19(14-27-11-16(2)10-17(3)12-27)24-21-20(28)22(29)26(5)23(30)25(21)4/h6-9,16-17H,10-14H2,1-5H3/t16-,17+. The third-order valence-corrected chi connectivity index (χ3v) is 6.20. The molecule has 4 rings (SSSR count). The smallest absolute Gasteiger partial charge is 0.317 e. The highest BCUT2D eigenvalue weighted by molar-refractivity contribution is 5.71. The van der Waals surface area contributed by atoms with Gasteiger partial charge in [-0.15, -0.1) is 0 Å². The maximum absolute atomic E-state index is 13.1. The van der Waals surface area contributed by atoms with Gasteiger partial charge in [-0.3, -0.25) is 18.8 Å². The Morgan fingerprint density at radius 2 is 1.60 bits per heavy atom. The van der Waals surface area contributed by atoms with Gasteiger partial charge < -0.3 is 4.57 Å². The van der Waals surface area contributed by atoms with E-state index in [1.807, 2.05) is 4.57 Å². The molecule has 2 aromatic heterocycles. The van der Waals surface area contributed by atoms with Crippen LogP contribution in [0.2, 0.25) is 0 Å². The second-order valence-corrected chi connectivity index (χ2v) is 9.12. The average molecular weight is 410 g/mol. The SMILES string of the molecule is Cc1ccc(Cn2c(CN3C[C@H](C)C[C@H](C)C3)nc3c2c(=O)n(C)c(=O)n3C)cc1. The number of piperidine rings is 1. The summed E-state index contributed by atoms with van der Waals surface area (Å²) in [6.07, 6.45) is 1.24. The van der Waals surface area contributed by atoms with Gasteiger partial charge in [0.15, 0.2) is 11.2 Å². The molecule has 0 spiro atoms. The summed E-state index contributed by atoms with van der Waals surface area (Å²) in [4.78, 5) is 32.7. The third-order valence-electron chi connectivity index (χ3n) is 6.20. The van der Waals surface area contributed by atoms with Crippen LogP contribution >= 0.6 is 0 Å². The fourth-order valence-electron chi connectivity index (χ4n) is 4.78. The monoisotopic (exact) mass is 409 g/mol. The van der Waals surface area contributed by atoms with Gasteiger partial charge in [-0.1, -0.05) is 43.7 Å². The van der Waals surface area contributed by atoms with Gasteiger partial charge in [-0.25, -0.2) is 9.78 Å². The van der Waals surface area contributed by atoms with Crippen LogP contribution in [0.3, 0.4) is 0 Å². The topological polar surface area (TPSA) is 65.1 Å². The molecule has 0 aliphatic carbocycles. The Bertz CT molecular complexity index is 1180. The lowest BCUT2D eigenvalue weighted by Crippen LogP contribution is -2.39. The van der Waals surface area contributed by atoms with Crippen LogP contribution < -0.4 is 11.2 Å². The van der Waals surface area contributed by atoms with Crippen LogP contribution in [-0.4, -0.2) is 36.7 Å². The molecule has 0 N–H and O–H groups in total. The van der Waals surface area contributed by atoms with Gasteiger partial charge >= 0.3 is 5.69 Å². The van der Waals surface area contributed by atoms with Gasteiger partial charge in [0.05, 0.1) is 6.54 Å². The van der Waals surface area contributed by atoms with Gasteiger partial charge in [-0.2, -0.15) is 0 Å². The number of hydrogen-bond acceptors (Lipinski definition) is 4. The van der Waals surface area contributed by atoms with Crippen molar-refractivity contribution in [1.29, 1.82) is 0 Å². The molecule has 1 aliphatic heterocycles. The summed E-state index contributed by atoms with van der Waals surface area (Å²) in [6, 6.07) is 8.33. The molecule has 0 bridgehead atoms. The van der Waals surface area contributed by atoms with E-state index in [1.165, 1.54) is 28.2 Å². The number of nitrogens with zero attached hydrogens (tertiary/aromatic N) is 5. The number of rotatable bonds is 4. The normalized spacial score (nSPS) is 20.2. The number of imidazole rings is 1. The zero-order valence-electron chi connectivity index (χ0n) is 18.6. The van der Waals surface area contributed by atoms with E-state index >= 15 is 0 Å². The molecule has 160 valence electrons. The Hall–Kier alpha value is -2.67. The summed E-state index contributed by atoms with van der Waals surface area (Å²) in [5.74, 6) is 2.12. The molecule has 1 aromatic carbocycles. The molecule has 7 heteroatoms. The van der Waals surface area contributed by atoms with E-state index in [-0.39, 0.29) is 11.2 Å². The summed E-state index contributed by atoms with van der Waals surface area (Å²) < 4.78 is 4.66. The van der Waals surface area contributed by atoms with Crippen molar-refractivity contribution in [1.82, 2.24) is 23.6 Å². The number of benzene rings is 1. The molecular weight excluding hydrogens is 378 g/mol. The molecule has 1 aliphatic rings. The number of aromatic nitrogens is 4. The average Bonchev–Trinajstić information content (AvgIpc) is 3.03. The Labute approximate surface area is 176 Å². The van der Waals surface area contributed by atoms with E-state index in [2.05, 4.69) is 49.9 Å². The minimum absolute atomic E-state index is 0.292. The lowest BCUT2D eigenvalue weighted by atomic mass is 9.92. The maximum Gasteiger partial charge on any atom is 0.332 e. The van der Waals surface area contributed by atoms with Crippen molar-refractivity contribution in [2.24, 2.45) is 25.9 Å². The fraction of sp³-hybridized carbons (Fsp3) is 0.522. The van der Waals surface area contributed by atoms with Crippen LogP contribution in [0, 0.1) is 18.8 Å². The summed E-state index contributed by atoms with van der Waals surface area (Å²) in [7, 11) is 3.21. The zero-order chi connectivity index (χ0) is 21.6. The zero-order valence-corrected chi connectivity index (χ0v) is 18.6. The lowest BCUT2D eigenvalue weighted by Gasteiger charge is -2.34. The van der Waals surface area contributed by atoms with Crippen molar-refractivity contribution in [2.75, 3.05) is 13.1 Å². The van der Waals surface area contributed by atoms with E-state index in [0.29, 0.717) is 36.1 Å². The summed E-state index contributed by atoms with van der Waals surface area (Å²) in [5, 5.41) is 0. The van der Waals surface area contributed by atoms with Crippen molar-refractivity contribution >= 4 is 11.2 Å². The highest BCUT2D eigenvalue weighted by Gasteiger charge is 2.25. The predicted octanol–water partition coefficient (Wildman–Crippen LogP) is 2.27. The molecule has 3 aromatic rings. The van der Waals surface area contributed by atoms with Gasteiger partial charge in [0, 0.05) is 33.7 Å². The second-order valence-electron chi connectivity index (χ2n) is 9.12. The van der Waals surface area contributed by atoms with Crippen molar-refractivity contribution in [3.05, 3.63) is 62.1 Å². The second kappa shape index (κ2) is 7.87. The molecule has 1 fully saturated rings. The maximum atomic E-state index is 13.1. The highest BCUT2D eigenvalue weighted by Crippen LogP contribution is 2.23. The third kappa shape index (κ3) is 3.74. The fourth-order valence-corrected chi connectivity index (χ4v) is 4.78. The van der Waals surface area contributed by atoms with Crippen LogP contribution in [0.1, 0.15) is 37.2 Å². The molecule has 0 radical (unpaired) electrons. The lowest BCUT2D eigenvalue weighted by molar-refractivity contribution is 0.130. The minimum atomic E-state index is -0.348. The van der Waals surface area contributed by atoms with E-state index in [0.717, 1.165) is 24.5 Å². The number of likely N-dealkylation sites (tertiary alicyclic amines) is 1. The summed E-state index contributed by atoms with van der Waals surface area (Å²) >= 11 is 0. The highest BCUT2D eigenvalue weighted by atomic mass is 16.2.